The molecule has 0 bridgehead atoms. The first-order valence-corrected chi connectivity index (χ1v) is 6.80. The van der Waals surface area contributed by atoms with Crippen molar-refractivity contribution in [1.82, 2.24) is 4.98 Å². The average molecular weight is 311 g/mol. The quantitative estimate of drug-likeness (QED) is 0.508. The molecule has 6 heteroatoms. The summed E-state index contributed by atoms with van der Waals surface area (Å²) in [4.78, 5) is 16.1. The number of hydrogen-bond donors (Lipinski definition) is 3. The fraction of sp³-hybridized carbons (Fsp3) is 0.0588. The molecule has 3 rings (SSSR count). The Hall–Kier alpha value is -3.28. The lowest BCUT2D eigenvalue weighted by Crippen LogP contribution is -2.06. The molecule has 0 aliphatic rings. The molecular weight excluding hydrogens is 298 g/mol. The molecule has 2 aromatic carbocycles. The average Bonchev–Trinajstić information content (AvgIpc) is 2.56. The third-order valence-electron chi connectivity index (χ3n) is 3.47. The largest absolute Gasteiger partial charge is 0.506 e. The second-order valence-corrected chi connectivity index (χ2v) is 4.92. The molecule has 3 aromatic rings. The van der Waals surface area contributed by atoms with Crippen LogP contribution in [0.25, 0.3) is 10.8 Å². The number of phenols is 3. The second-order valence-electron chi connectivity index (χ2n) is 4.92. The Morgan fingerprint density at radius 3 is 2.70 bits per heavy atom. The Morgan fingerprint density at radius 2 is 1.87 bits per heavy atom. The van der Waals surface area contributed by atoms with Crippen LogP contribution in [0.4, 0.5) is 0 Å². The topological polar surface area (TPSA) is 99.9 Å². The second kappa shape index (κ2) is 5.84. The molecule has 0 aliphatic heterocycles. The van der Waals surface area contributed by atoms with Gasteiger partial charge in [0.25, 0.3) is 0 Å². The van der Waals surface area contributed by atoms with Crippen molar-refractivity contribution < 1.29 is 24.9 Å². The molecule has 0 radical (unpaired) electrons. The van der Waals surface area contributed by atoms with Crippen molar-refractivity contribution >= 4 is 16.7 Å². The lowest BCUT2D eigenvalue weighted by atomic mass is 10.1. The van der Waals surface area contributed by atoms with Gasteiger partial charge in [0.1, 0.15) is 17.9 Å². The van der Waals surface area contributed by atoms with Crippen LogP contribution < -0.4 is 0 Å². The molecule has 6 nitrogen and oxygen atoms in total. The van der Waals surface area contributed by atoms with E-state index < -0.39 is 5.97 Å². The van der Waals surface area contributed by atoms with Gasteiger partial charge in [-0.2, -0.15) is 0 Å². The van der Waals surface area contributed by atoms with Gasteiger partial charge in [-0.3, -0.25) is 4.98 Å². The first-order chi connectivity index (χ1) is 11.1. The van der Waals surface area contributed by atoms with Crippen LogP contribution in [0.2, 0.25) is 0 Å². The van der Waals surface area contributed by atoms with Gasteiger partial charge in [-0.1, -0.05) is 18.2 Å². The van der Waals surface area contributed by atoms with Crippen molar-refractivity contribution in [1.29, 1.82) is 0 Å². The van der Waals surface area contributed by atoms with Gasteiger partial charge in [-0.25, -0.2) is 4.79 Å². The summed E-state index contributed by atoms with van der Waals surface area (Å²) in [5.74, 6) is -1.55. The first-order valence-electron chi connectivity index (χ1n) is 6.80. The molecule has 23 heavy (non-hydrogen) atoms. The van der Waals surface area contributed by atoms with E-state index in [-0.39, 0.29) is 35.0 Å². The number of rotatable bonds is 3. The minimum Gasteiger partial charge on any atom is -0.506 e. The molecule has 0 saturated carbocycles. The number of para-hydroxylation sites is 1. The third-order valence-corrected chi connectivity index (χ3v) is 3.47. The van der Waals surface area contributed by atoms with Crippen LogP contribution >= 0.6 is 0 Å². The summed E-state index contributed by atoms with van der Waals surface area (Å²) in [6.07, 6.45) is 3.09. The summed E-state index contributed by atoms with van der Waals surface area (Å²) in [5.41, 5.74) is 0.283. The van der Waals surface area contributed by atoms with Crippen molar-refractivity contribution in [2.24, 2.45) is 0 Å². The fourth-order valence-corrected chi connectivity index (χ4v) is 2.23. The molecule has 0 spiro atoms. The highest BCUT2D eigenvalue weighted by atomic mass is 16.5. The smallest absolute Gasteiger partial charge is 0.342 e. The Balaban J connectivity index is 1.84. The number of fused-ring (bicyclic) bond motifs is 1. The van der Waals surface area contributed by atoms with E-state index in [1.165, 1.54) is 30.5 Å². The van der Waals surface area contributed by atoms with E-state index in [0.717, 1.165) is 0 Å². The van der Waals surface area contributed by atoms with Gasteiger partial charge >= 0.3 is 5.97 Å². The Labute approximate surface area is 131 Å². The molecule has 1 heterocycles. The minimum atomic E-state index is -0.732. The van der Waals surface area contributed by atoms with Crippen LogP contribution in [0.5, 0.6) is 17.2 Å². The zero-order valence-electron chi connectivity index (χ0n) is 11.9. The molecular formula is C17H13NO5. The number of nitrogens with zero attached hydrogens (tertiary/aromatic N) is 1. The predicted molar refractivity (Wildman–Crippen MR) is 82.3 cm³/mol. The van der Waals surface area contributed by atoms with Crippen LogP contribution in [-0.2, 0) is 11.3 Å². The number of aromatic hydroxyl groups is 3. The van der Waals surface area contributed by atoms with Crippen LogP contribution in [-0.4, -0.2) is 26.3 Å². The molecule has 0 fully saturated rings. The monoisotopic (exact) mass is 311 g/mol. The van der Waals surface area contributed by atoms with Gasteiger partial charge in [0, 0.05) is 28.7 Å². The summed E-state index contributed by atoms with van der Waals surface area (Å²) in [5, 5.41) is 30.5. The summed E-state index contributed by atoms with van der Waals surface area (Å²) in [6.45, 7) is -0.229. The van der Waals surface area contributed by atoms with E-state index >= 15 is 0 Å². The molecule has 0 atom stereocenters. The molecule has 3 N–H and O–H groups in total. The minimum absolute atomic E-state index is 0.0170. The maximum absolute atomic E-state index is 12.1. The van der Waals surface area contributed by atoms with Crippen molar-refractivity contribution in [3.8, 4) is 17.2 Å². The Bertz CT molecular complexity index is 891. The first kappa shape index (κ1) is 14.6. The summed E-state index contributed by atoms with van der Waals surface area (Å²) in [7, 11) is 0. The standard InChI is InChI=1S/C17H13NO5/c19-14-3-1-2-11(15(14)20)9-23-17(22)13-5-4-10-8-18-7-6-12(10)16(13)21/h1-8,19-21H,9H2. The highest BCUT2D eigenvalue weighted by Gasteiger charge is 2.16. The normalized spacial score (nSPS) is 10.6. The Morgan fingerprint density at radius 1 is 1.04 bits per heavy atom. The fourth-order valence-electron chi connectivity index (χ4n) is 2.23. The molecule has 0 unspecified atom stereocenters. The Kier molecular flexibility index (Phi) is 3.72. The number of phenolic OH excluding ortho intramolecular Hbond substituents is 3. The van der Waals surface area contributed by atoms with E-state index in [1.54, 1.807) is 18.3 Å². The summed E-state index contributed by atoms with van der Waals surface area (Å²) in [6, 6.07) is 9.08. The van der Waals surface area contributed by atoms with E-state index in [4.69, 9.17) is 4.74 Å². The van der Waals surface area contributed by atoms with Gasteiger partial charge in [-0.05, 0) is 18.2 Å². The molecule has 0 amide bonds. The van der Waals surface area contributed by atoms with Crippen LogP contribution in [0.1, 0.15) is 15.9 Å². The SMILES string of the molecule is O=C(OCc1cccc(O)c1O)c1ccc2cnccc2c1O. The van der Waals surface area contributed by atoms with Gasteiger partial charge < -0.3 is 20.1 Å². The summed E-state index contributed by atoms with van der Waals surface area (Å²) < 4.78 is 5.09. The number of hydrogen-bond acceptors (Lipinski definition) is 6. The van der Waals surface area contributed by atoms with Crippen molar-refractivity contribution in [2.75, 3.05) is 0 Å². The van der Waals surface area contributed by atoms with E-state index in [1.807, 2.05) is 0 Å². The van der Waals surface area contributed by atoms with Gasteiger partial charge in [-0.15, -0.1) is 0 Å². The predicted octanol–water partition coefficient (Wildman–Crippen LogP) is 2.71. The van der Waals surface area contributed by atoms with Crippen LogP contribution in [0.3, 0.4) is 0 Å². The number of ether oxygens (including phenoxy) is 1. The lowest BCUT2D eigenvalue weighted by molar-refractivity contribution is 0.0467. The number of aromatic nitrogens is 1. The summed E-state index contributed by atoms with van der Waals surface area (Å²) >= 11 is 0. The maximum Gasteiger partial charge on any atom is 0.342 e. The lowest BCUT2D eigenvalue weighted by Gasteiger charge is -2.09. The number of carbonyl (C=O) groups is 1. The highest BCUT2D eigenvalue weighted by Crippen LogP contribution is 2.31. The molecule has 0 aliphatic carbocycles. The van der Waals surface area contributed by atoms with Crippen molar-refractivity contribution in [2.45, 2.75) is 6.61 Å². The van der Waals surface area contributed by atoms with Gasteiger partial charge in [0.15, 0.2) is 11.5 Å². The number of esters is 1. The van der Waals surface area contributed by atoms with E-state index in [0.29, 0.717) is 10.8 Å². The highest BCUT2D eigenvalue weighted by molar-refractivity contribution is 6.00. The molecule has 0 saturated heterocycles. The zero-order valence-corrected chi connectivity index (χ0v) is 11.9. The van der Waals surface area contributed by atoms with Gasteiger partial charge in [0.05, 0.1) is 0 Å². The van der Waals surface area contributed by atoms with E-state index in [9.17, 15) is 20.1 Å². The number of benzene rings is 2. The third kappa shape index (κ3) is 2.74. The maximum atomic E-state index is 12.1. The zero-order chi connectivity index (χ0) is 16.4. The van der Waals surface area contributed by atoms with Gasteiger partial charge in [0.2, 0.25) is 0 Å². The van der Waals surface area contributed by atoms with Crippen LogP contribution in [0, 0.1) is 0 Å². The van der Waals surface area contributed by atoms with E-state index in [2.05, 4.69) is 4.98 Å². The number of pyridine rings is 1. The van der Waals surface area contributed by atoms with Crippen molar-refractivity contribution in [3.05, 3.63) is 59.9 Å². The molecule has 1 aromatic heterocycles. The molecule has 116 valence electrons. The number of carbonyl (C=O) groups excluding carboxylic acids is 1. The van der Waals surface area contributed by atoms with Crippen molar-refractivity contribution in [3.63, 3.8) is 0 Å². The van der Waals surface area contributed by atoms with Crippen LogP contribution in [0.15, 0.2) is 48.8 Å².